The highest BCUT2D eigenvalue weighted by atomic mass is 19.4. The van der Waals surface area contributed by atoms with Gasteiger partial charge in [0.15, 0.2) is 0 Å². The highest BCUT2D eigenvalue weighted by molar-refractivity contribution is 5.95. The lowest BCUT2D eigenvalue weighted by Gasteiger charge is -2.31. The van der Waals surface area contributed by atoms with Gasteiger partial charge in [0.1, 0.15) is 0 Å². The summed E-state index contributed by atoms with van der Waals surface area (Å²) in [5, 5.41) is 2.43. The summed E-state index contributed by atoms with van der Waals surface area (Å²) in [6.07, 6.45) is 0.102. The molecule has 1 amide bonds. The van der Waals surface area contributed by atoms with Gasteiger partial charge in [0.2, 0.25) is 5.91 Å². The molecular weight excluding hydrogens is 267 g/mol. The van der Waals surface area contributed by atoms with Crippen LogP contribution in [0.3, 0.4) is 0 Å². The van der Waals surface area contributed by atoms with Crippen LogP contribution < -0.4 is 5.32 Å². The lowest BCUT2D eigenvalue weighted by atomic mass is 9.79. The predicted octanol–water partition coefficient (Wildman–Crippen LogP) is 4.32. The van der Waals surface area contributed by atoms with Gasteiger partial charge in [-0.25, -0.2) is 0 Å². The highest BCUT2D eigenvalue weighted by Gasteiger charge is 2.40. The molecule has 20 heavy (non-hydrogen) atoms. The van der Waals surface area contributed by atoms with E-state index in [4.69, 9.17) is 0 Å². The number of para-hydroxylation sites is 1. The Hall–Kier alpha value is -1.52. The first-order valence-corrected chi connectivity index (χ1v) is 6.97. The molecular formula is C15H16F3NO. The molecule has 1 atom stereocenters. The van der Waals surface area contributed by atoms with Crippen molar-refractivity contribution < 1.29 is 18.0 Å². The number of carbonyl (C=O) groups is 1. The van der Waals surface area contributed by atoms with E-state index >= 15 is 0 Å². The summed E-state index contributed by atoms with van der Waals surface area (Å²) in [5.74, 6) is -0.0297. The van der Waals surface area contributed by atoms with Crippen LogP contribution in [0, 0.1) is 5.92 Å². The number of anilines is 1. The zero-order valence-corrected chi connectivity index (χ0v) is 11.0. The SMILES string of the molecule is O=C1CC(C2CCCC2)c2cccc(C(F)(F)F)c2N1. The van der Waals surface area contributed by atoms with Crippen molar-refractivity contribution in [2.75, 3.05) is 5.32 Å². The van der Waals surface area contributed by atoms with E-state index in [0.29, 0.717) is 17.9 Å². The van der Waals surface area contributed by atoms with Crippen molar-refractivity contribution in [2.24, 2.45) is 5.92 Å². The first kappa shape index (κ1) is 13.5. The molecule has 1 heterocycles. The van der Waals surface area contributed by atoms with Crippen LogP contribution in [0.2, 0.25) is 0 Å². The fraction of sp³-hybridized carbons (Fsp3) is 0.533. The Morgan fingerprint density at radius 2 is 1.85 bits per heavy atom. The molecule has 1 aliphatic carbocycles. The van der Waals surface area contributed by atoms with E-state index in [9.17, 15) is 18.0 Å². The van der Waals surface area contributed by atoms with E-state index in [-0.39, 0.29) is 17.5 Å². The summed E-state index contributed by atoms with van der Waals surface area (Å²) in [5.41, 5.74) is -0.0921. The zero-order valence-electron chi connectivity index (χ0n) is 11.0. The number of nitrogens with one attached hydrogen (secondary N) is 1. The topological polar surface area (TPSA) is 29.1 Å². The molecule has 108 valence electrons. The van der Waals surface area contributed by atoms with Crippen molar-refractivity contribution in [3.05, 3.63) is 29.3 Å². The normalized spacial score (nSPS) is 23.6. The largest absolute Gasteiger partial charge is 0.418 e. The molecule has 1 aliphatic heterocycles. The number of carbonyl (C=O) groups excluding carboxylic acids is 1. The minimum Gasteiger partial charge on any atom is -0.325 e. The first-order valence-electron chi connectivity index (χ1n) is 6.97. The molecule has 1 aromatic carbocycles. The monoisotopic (exact) mass is 283 g/mol. The average Bonchev–Trinajstić information content (AvgIpc) is 2.89. The summed E-state index contributed by atoms with van der Waals surface area (Å²) < 4.78 is 39.2. The molecule has 1 N–H and O–H groups in total. The zero-order chi connectivity index (χ0) is 14.3. The highest BCUT2D eigenvalue weighted by Crippen LogP contribution is 2.47. The van der Waals surface area contributed by atoms with Crippen LogP contribution >= 0.6 is 0 Å². The first-order chi connectivity index (χ1) is 9.47. The molecule has 0 bridgehead atoms. The van der Waals surface area contributed by atoms with Crippen LogP contribution in [-0.2, 0) is 11.0 Å². The minimum atomic E-state index is -4.43. The lowest BCUT2D eigenvalue weighted by molar-refractivity contribution is -0.137. The molecule has 1 aromatic rings. The van der Waals surface area contributed by atoms with Crippen LogP contribution in [0.25, 0.3) is 0 Å². The number of hydrogen-bond donors (Lipinski definition) is 1. The van der Waals surface area contributed by atoms with Crippen LogP contribution in [0.1, 0.15) is 49.1 Å². The van der Waals surface area contributed by atoms with E-state index < -0.39 is 11.7 Å². The third-order valence-electron chi connectivity index (χ3n) is 4.44. The lowest BCUT2D eigenvalue weighted by Crippen LogP contribution is -2.28. The Kier molecular flexibility index (Phi) is 3.22. The van der Waals surface area contributed by atoms with Crippen LogP contribution in [0.4, 0.5) is 18.9 Å². The Balaban J connectivity index is 2.06. The van der Waals surface area contributed by atoms with Gasteiger partial charge in [-0.1, -0.05) is 25.0 Å². The van der Waals surface area contributed by atoms with Gasteiger partial charge in [0, 0.05) is 6.42 Å². The van der Waals surface area contributed by atoms with Crippen molar-refractivity contribution in [1.29, 1.82) is 0 Å². The Bertz CT molecular complexity index is 532. The van der Waals surface area contributed by atoms with Crippen molar-refractivity contribution in [3.8, 4) is 0 Å². The molecule has 1 fully saturated rings. The number of fused-ring (bicyclic) bond motifs is 1. The summed E-state index contributed by atoms with van der Waals surface area (Å²) in [4.78, 5) is 11.8. The maximum atomic E-state index is 13.1. The third kappa shape index (κ3) is 2.30. The van der Waals surface area contributed by atoms with Crippen LogP contribution in [0.5, 0.6) is 0 Å². The fourth-order valence-corrected chi connectivity index (χ4v) is 3.54. The van der Waals surface area contributed by atoms with E-state index in [0.717, 1.165) is 31.7 Å². The second kappa shape index (κ2) is 4.79. The third-order valence-corrected chi connectivity index (χ3v) is 4.44. The second-order valence-corrected chi connectivity index (χ2v) is 5.67. The van der Waals surface area contributed by atoms with Gasteiger partial charge < -0.3 is 5.32 Å². The van der Waals surface area contributed by atoms with E-state index in [1.165, 1.54) is 6.07 Å². The summed E-state index contributed by atoms with van der Waals surface area (Å²) >= 11 is 0. The Morgan fingerprint density at radius 1 is 1.15 bits per heavy atom. The van der Waals surface area contributed by atoms with Gasteiger partial charge in [-0.2, -0.15) is 13.2 Å². The molecule has 1 saturated carbocycles. The predicted molar refractivity (Wildman–Crippen MR) is 69.4 cm³/mol. The maximum absolute atomic E-state index is 13.1. The van der Waals surface area contributed by atoms with E-state index in [2.05, 4.69) is 5.32 Å². The van der Waals surface area contributed by atoms with Crippen molar-refractivity contribution in [1.82, 2.24) is 0 Å². The smallest absolute Gasteiger partial charge is 0.325 e. The van der Waals surface area contributed by atoms with Gasteiger partial charge in [0.05, 0.1) is 11.3 Å². The molecule has 2 nitrogen and oxygen atoms in total. The molecule has 0 radical (unpaired) electrons. The minimum absolute atomic E-state index is 0.0202. The van der Waals surface area contributed by atoms with Gasteiger partial charge in [0.25, 0.3) is 0 Å². The summed E-state index contributed by atoms with van der Waals surface area (Å²) in [7, 11) is 0. The molecule has 0 aromatic heterocycles. The molecule has 5 heteroatoms. The van der Waals surface area contributed by atoms with Crippen molar-refractivity contribution in [3.63, 3.8) is 0 Å². The van der Waals surface area contributed by atoms with Gasteiger partial charge in [-0.15, -0.1) is 0 Å². The standard InChI is InChI=1S/C15H16F3NO/c16-15(17,18)12-7-3-6-10-11(9-4-1-2-5-9)8-13(20)19-14(10)12/h3,6-7,9,11H,1-2,4-5,8H2,(H,19,20). The molecule has 3 rings (SSSR count). The maximum Gasteiger partial charge on any atom is 0.418 e. The Labute approximate surface area is 115 Å². The van der Waals surface area contributed by atoms with Gasteiger partial charge in [-0.3, -0.25) is 4.79 Å². The van der Waals surface area contributed by atoms with Gasteiger partial charge in [-0.05, 0) is 36.3 Å². The number of alkyl halides is 3. The molecule has 2 aliphatic rings. The number of rotatable bonds is 1. The average molecular weight is 283 g/mol. The van der Waals surface area contributed by atoms with Crippen molar-refractivity contribution >= 4 is 11.6 Å². The van der Waals surface area contributed by atoms with E-state index in [1.54, 1.807) is 6.07 Å². The number of amides is 1. The second-order valence-electron chi connectivity index (χ2n) is 5.67. The quantitative estimate of drug-likeness (QED) is 0.817. The molecule has 0 saturated heterocycles. The fourth-order valence-electron chi connectivity index (χ4n) is 3.54. The van der Waals surface area contributed by atoms with Crippen LogP contribution in [-0.4, -0.2) is 5.91 Å². The summed E-state index contributed by atoms with van der Waals surface area (Å²) in [6, 6.07) is 4.21. The number of hydrogen-bond acceptors (Lipinski definition) is 1. The molecule has 0 spiro atoms. The Morgan fingerprint density at radius 3 is 2.50 bits per heavy atom. The molecule has 1 unspecified atom stereocenters. The number of halogens is 3. The summed E-state index contributed by atoms with van der Waals surface area (Å²) in [6.45, 7) is 0. The van der Waals surface area contributed by atoms with Crippen LogP contribution in [0.15, 0.2) is 18.2 Å². The van der Waals surface area contributed by atoms with E-state index in [1.807, 2.05) is 0 Å². The van der Waals surface area contributed by atoms with Crippen molar-refractivity contribution in [2.45, 2.75) is 44.2 Å². The number of benzene rings is 1. The van der Waals surface area contributed by atoms with Gasteiger partial charge >= 0.3 is 6.18 Å².